The minimum absolute atomic E-state index is 0.197. The number of hydrogen-bond acceptors (Lipinski definition) is 4. The second kappa shape index (κ2) is 2.95. The normalized spacial score (nSPS) is 34.9. The van der Waals surface area contributed by atoms with Crippen LogP contribution in [0.15, 0.2) is 0 Å². The average Bonchev–Trinajstić information content (AvgIpc) is 2.33. The molecule has 0 saturated carbocycles. The van der Waals surface area contributed by atoms with Gasteiger partial charge in [0.1, 0.15) is 5.25 Å². The molecule has 0 radical (unpaired) electrons. The van der Waals surface area contributed by atoms with E-state index in [2.05, 4.69) is 5.32 Å². The van der Waals surface area contributed by atoms with Gasteiger partial charge in [-0.15, -0.1) is 11.8 Å². The number of thioether (sulfide) groups is 1. The first-order chi connectivity index (χ1) is 5.46. The second-order valence-corrected chi connectivity index (χ2v) is 4.29. The zero-order chi connectivity index (χ0) is 9.35. The molecule has 0 aromatic heterocycles. The fraction of sp³-hybridized carbons (Fsp3) is 0.667. The molecule has 0 amide bonds. The van der Waals surface area contributed by atoms with E-state index in [1.165, 1.54) is 6.92 Å². The molecule has 0 aromatic rings. The van der Waals surface area contributed by atoms with E-state index in [1.54, 1.807) is 0 Å². The number of carbonyl (C=O) groups is 2. The maximum atomic E-state index is 10.6. The Labute approximate surface area is 73.1 Å². The first-order valence-electron chi connectivity index (χ1n) is 3.35. The highest BCUT2D eigenvalue weighted by Crippen LogP contribution is 2.32. The van der Waals surface area contributed by atoms with Gasteiger partial charge in [-0.3, -0.25) is 10.1 Å². The van der Waals surface area contributed by atoms with Gasteiger partial charge in [0.2, 0.25) is 0 Å². The van der Waals surface area contributed by atoms with Crippen LogP contribution < -0.4 is 5.32 Å². The van der Waals surface area contributed by atoms with Gasteiger partial charge in [0.15, 0.2) is 4.87 Å². The quantitative estimate of drug-likeness (QED) is 0.549. The minimum Gasteiger partial charge on any atom is -0.480 e. The van der Waals surface area contributed by atoms with Crippen molar-refractivity contribution in [2.75, 3.05) is 6.54 Å². The number of aliphatic carboxylic acids is 2. The van der Waals surface area contributed by atoms with Crippen molar-refractivity contribution in [2.45, 2.75) is 17.0 Å². The highest BCUT2D eigenvalue weighted by Gasteiger charge is 2.44. The molecular formula is C6H9NO4S. The summed E-state index contributed by atoms with van der Waals surface area (Å²) in [6.07, 6.45) is 0. The number of nitrogens with one attached hydrogen (secondary N) is 1. The van der Waals surface area contributed by atoms with E-state index in [-0.39, 0.29) is 6.54 Å². The molecule has 0 bridgehead atoms. The maximum absolute atomic E-state index is 10.6. The van der Waals surface area contributed by atoms with Gasteiger partial charge in [0, 0.05) is 6.54 Å². The van der Waals surface area contributed by atoms with Crippen LogP contribution in [-0.4, -0.2) is 38.8 Å². The SMILES string of the molecule is CC1(C(=O)O)NCC(C(=O)O)S1. The summed E-state index contributed by atoms with van der Waals surface area (Å²) < 4.78 is 0. The van der Waals surface area contributed by atoms with Gasteiger partial charge in [-0.25, -0.2) is 4.79 Å². The van der Waals surface area contributed by atoms with Crippen molar-refractivity contribution < 1.29 is 19.8 Å². The van der Waals surface area contributed by atoms with Crippen LogP contribution in [0, 0.1) is 0 Å². The van der Waals surface area contributed by atoms with Crippen molar-refractivity contribution in [1.82, 2.24) is 5.32 Å². The monoisotopic (exact) mass is 191 g/mol. The molecule has 1 rings (SSSR count). The van der Waals surface area contributed by atoms with Crippen LogP contribution in [0.5, 0.6) is 0 Å². The summed E-state index contributed by atoms with van der Waals surface area (Å²) >= 11 is 0.919. The Hall–Kier alpha value is -0.750. The van der Waals surface area contributed by atoms with E-state index in [9.17, 15) is 9.59 Å². The van der Waals surface area contributed by atoms with E-state index < -0.39 is 22.1 Å². The summed E-state index contributed by atoms with van der Waals surface area (Å²) in [4.78, 5) is 19.9. The molecule has 1 saturated heterocycles. The molecule has 0 aliphatic carbocycles. The fourth-order valence-electron chi connectivity index (χ4n) is 0.919. The summed E-state index contributed by atoms with van der Waals surface area (Å²) in [5, 5.41) is 19.3. The number of hydrogen-bond donors (Lipinski definition) is 3. The summed E-state index contributed by atoms with van der Waals surface area (Å²) in [6, 6.07) is 0. The highest BCUT2D eigenvalue weighted by molar-refractivity contribution is 8.02. The van der Waals surface area contributed by atoms with Gasteiger partial charge in [-0.1, -0.05) is 0 Å². The van der Waals surface area contributed by atoms with Crippen molar-refractivity contribution >= 4 is 23.7 Å². The molecule has 2 atom stereocenters. The van der Waals surface area contributed by atoms with Crippen LogP contribution in [0.25, 0.3) is 0 Å². The molecule has 5 nitrogen and oxygen atoms in total. The molecule has 0 spiro atoms. The van der Waals surface area contributed by atoms with Gasteiger partial charge in [-0.05, 0) is 6.92 Å². The lowest BCUT2D eigenvalue weighted by molar-refractivity contribution is -0.140. The molecule has 2 unspecified atom stereocenters. The molecule has 1 aliphatic rings. The van der Waals surface area contributed by atoms with Crippen molar-refractivity contribution in [3.05, 3.63) is 0 Å². The fourth-order valence-corrected chi connectivity index (χ4v) is 2.02. The Morgan fingerprint density at radius 3 is 2.42 bits per heavy atom. The molecule has 1 fully saturated rings. The van der Waals surface area contributed by atoms with Crippen molar-refractivity contribution in [3.8, 4) is 0 Å². The Morgan fingerprint density at radius 2 is 2.17 bits per heavy atom. The van der Waals surface area contributed by atoms with Crippen molar-refractivity contribution in [1.29, 1.82) is 0 Å². The van der Waals surface area contributed by atoms with E-state index in [0.717, 1.165) is 11.8 Å². The van der Waals surface area contributed by atoms with E-state index in [0.29, 0.717) is 0 Å². The minimum atomic E-state index is -1.15. The zero-order valence-corrected chi connectivity index (χ0v) is 7.22. The Balaban J connectivity index is 2.67. The first-order valence-corrected chi connectivity index (χ1v) is 4.23. The topological polar surface area (TPSA) is 86.6 Å². The number of carboxylic acids is 2. The second-order valence-electron chi connectivity index (χ2n) is 2.66. The smallest absolute Gasteiger partial charge is 0.334 e. The van der Waals surface area contributed by atoms with Gasteiger partial charge >= 0.3 is 11.9 Å². The van der Waals surface area contributed by atoms with Crippen LogP contribution in [-0.2, 0) is 9.59 Å². The predicted molar refractivity (Wildman–Crippen MR) is 43.1 cm³/mol. The third kappa shape index (κ3) is 1.54. The lowest BCUT2D eigenvalue weighted by atomic mass is 10.3. The van der Waals surface area contributed by atoms with Gasteiger partial charge in [0.25, 0.3) is 0 Å². The zero-order valence-electron chi connectivity index (χ0n) is 6.40. The van der Waals surface area contributed by atoms with Gasteiger partial charge in [-0.2, -0.15) is 0 Å². The Bertz CT molecular complexity index is 232. The molecule has 12 heavy (non-hydrogen) atoms. The van der Waals surface area contributed by atoms with Crippen LogP contribution in [0.4, 0.5) is 0 Å². The largest absolute Gasteiger partial charge is 0.480 e. The summed E-state index contributed by atoms with van der Waals surface area (Å²) in [6.45, 7) is 1.66. The highest BCUT2D eigenvalue weighted by atomic mass is 32.2. The van der Waals surface area contributed by atoms with Crippen LogP contribution in [0.3, 0.4) is 0 Å². The molecule has 0 aromatic carbocycles. The lowest BCUT2D eigenvalue weighted by Crippen LogP contribution is -2.41. The van der Waals surface area contributed by atoms with E-state index >= 15 is 0 Å². The molecular weight excluding hydrogens is 182 g/mol. The molecule has 68 valence electrons. The first kappa shape index (κ1) is 9.34. The summed E-state index contributed by atoms with van der Waals surface area (Å²) in [5.74, 6) is -2.01. The predicted octanol–water partition coefficient (Wildman–Crippen LogP) is -0.423. The van der Waals surface area contributed by atoms with E-state index in [4.69, 9.17) is 10.2 Å². The van der Waals surface area contributed by atoms with Gasteiger partial charge < -0.3 is 10.2 Å². The molecule has 6 heteroatoms. The number of carboxylic acid groups (broad SMARTS) is 2. The van der Waals surface area contributed by atoms with Crippen LogP contribution in [0.2, 0.25) is 0 Å². The molecule has 1 aliphatic heterocycles. The van der Waals surface area contributed by atoms with Gasteiger partial charge in [0.05, 0.1) is 0 Å². The summed E-state index contributed by atoms with van der Waals surface area (Å²) in [5.41, 5.74) is 0. The average molecular weight is 191 g/mol. The van der Waals surface area contributed by atoms with Crippen molar-refractivity contribution in [3.63, 3.8) is 0 Å². The summed E-state index contributed by atoms with van der Waals surface area (Å²) in [7, 11) is 0. The van der Waals surface area contributed by atoms with Crippen molar-refractivity contribution in [2.24, 2.45) is 0 Å². The number of rotatable bonds is 2. The lowest BCUT2D eigenvalue weighted by Gasteiger charge is -2.16. The third-order valence-electron chi connectivity index (χ3n) is 1.69. The van der Waals surface area contributed by atoms with Crippen LogP contribution in [0.1, 0.15) is 6.92 Å². The van der Waals surface area contributed by atoms with Crippen LogP contribution >= 0.6 is 11.8 Å². The Kier molecular flexibility index (Phi) is 2.29. The third-order valence-corrected chi connectivity index (χ3v) is 3.13. The molecule has 3 N–H and O–H groups in total. The Morgan fingerprint density at radius 1 is 1.58 bits per heavy atom. The van der Waals surface area contributed by atoms with E-state index in [1.807, 2.05) is 0 Å². The maximum Gasteiger partial charge on any atom is 0.334 e. The standard InChI is InChI=1S/C6H9NO4S/c1-6(5(10)11)7-2-3(12-6)4(8)9/h3,7H,2H2,1H3,(H,8,9)(H,10,11). The molecule has 1 heterocycles.